The molecule has 0 amide bonds. The maximum atomic E-state index is 6.02. The van der Waals surface area contributed by atoms with Gasteiger partial charge in [0, 0.05) is 11.6 Å². The third-order valence-corrected chi connectivity index (χ3v) is 5.99. The average molecular weight is 298 g/mol. The molecule has 0 radical (unpaired) electrons. The summed E-state index contributed by atoms with van der Waals surface area (Å²) < 4.78 is 0. The first-order valence-electron chi connectivity index (χ1n) is 9.13. The summed E-state index contributed by atoms with van der Waals surface area (Å²) in [6, 6.07) is 0.418. The number of nitrogens with two attached hydrogens (primary N) is 1. The molecule has 1 saturated carbocycles. The Bertz CT molecular complexity index is 270. The zero-order chi connectivity index (χ0) is 15.9. The smallest absolute Gasteiger partial charge is 0.0397 e. The lowest BCUT2D eigenvalue weighted by Gasteiger charge is -2.50. The van der Waals surface area contributed by atoms with Crippen molar-refractivity contribution in [1.82, 2.24) is 10.3 Å². The molecule has 0 spiro atoms. The highest BCUT2D eigenvalue weighted by Gasteiger charge is 2.43. The molecule has 21 heavy (non-hydrogen) atoms. The number of hydrogen-bond donors (Lipinski definition) is 2. The SMILES string of the molecule is CCCCC(CC)CC(NN)C1(N(C)C)CCC(C)CC1. The maximum Gasteiger partial charge on any atom is 0.0397 e. The summed E-state index contributed by atoms with van der Waals surface area (Å²) >= 11 is 0. The molecule has 0 aromatic heterocycles. The van der Waals surface area contributed by atoms with E-state index in [1.165, 1.54) is 57.8 Å². The molecule has 2 unspecified atom stereocenters. The van der Waals surface area contributed by atoms with Gasteiger partial charge in [0.25, 0.3) is 0 Å². The molecule has 3 N–H and O–H groups in total. The lowest BCUT2D eigenvalue weighted by molar-refractivity contribution is 0.0334. The number of unbranched alkanes of at least 4 members (excludes halogenated alkanes) is 1. The van der Waals surface area contributed by atoms with Gasteiger partial charge in [-0.2, -0.15) is 0 Å². The fraction of sp³-hybridized carbons (Fsp3) is 1.00. The lowest BCUT2D eigenvalue weighted by atomic mass is 9.70. The van der Waals surface area contributed by atoms with E-state index in [0.717, 1.165) is 11.8 Å². The van der Waals surface area contributed by atoms with Gasteiger partial charge in [0.05, 0.1) is 0 Å². The largest absolute Gasteiger partial charge is 0.302 e. The summed E-state index contributed by atoms with van der Waals surface area (Å²) in [5, 5.41) is 0. The van der Waals surface area contributed by atoms with Crippen molar-refractivity contribution in [3.63, 3.8) is 0 Å². The van der Waals surface area contributed by atoms with Crippen LogP contribution in [0.5, 0.6) is 0 Å². The Kier molecular flexibility index (Phi) is 8.22. The number of likely N-dealkylation sites (N-methyl/N-ethyl adjacent to an activating group) is 1. The molecule has 2 atom stereocenters. The van der Waals surface area contributed by atoms with Crippen LogP contribution in [-0.4, -0.2) is 30.6 Å². The second-order valence-corrected chi connectivity index (χ2v) is 7.55. The summed E-state index contributed by atoms with van der Waals surface area (Å²) in [6.45, 7) is 7.01. The summed E-state index contributed by atoms with van der Waals surface area (Å²) in [5.41, 5.74) is 3.46. The first kappa shape index (κ1) is 18.9. The average Bonchev–Trinajstić information content (AvgIpc) is 2.49. The zero-order valence-electron chi connectivity index (χ0n) is 15.1. The Morgan fingerprint density at radius 2 is 1.86 bits per heavy atom. The van der Waals surface area contributed by atoms with Gasteiger partial charge in [0.2, 0.25) is 0 Å². The van der Waals surface area contributed by atoms with Crippen molar-refractivity contribution < 1.29 is 0 Å². The predicted molar refractivity (Wildman–Crippen MR) is 93.1 cm³/mol. The molecule has 1 aliphatic carbocycles. The number of nitrogens with one attached hydrogen (secondary N) is 1. The highest BCUT2D eigenvalue weighted by molar-refractivity contribution is 5.01. The van der Waals surface area contributed by atoms with Gasteiger partial charge in [0.15, 0.2) is 0 Å². The summed E-state index contributed by atoms with van der Waals surface area (Å²) in [7, 11) is 4.49. The van der Waals surface area contributed by atoms with Crippen LogP contribution >= 0.6 is 0 Å². The minimum Gasteiger partial charge on any atom is -0.302 e. The molecule has 3 heteroatoms. The van der Waals surface area contributed by atoms with E-state index in [-0.39, 0.29) is 5.54 Å². The van der Waals surface area contributed by atoms with E-state index in [4.69, 9.17) is 5.84 Å². The topological polar surface area (TPSA) is 41.3 Å². The van der Waals surface area contributed by atoms with E-state index in [0.29, 0.717) is 6.04 Å². The number of hydrogen-bond acceptors (Lipinski definition) is 3. The Labute approximate surface area is 133 Å². The van der Waals surface area contributed by atoms with E-state index in [9.17, 15) is 0 Å². The summed E-state index contributed by atoms with van der Waals surface area (Å²) in [6.07, 6.45) is 11.7. The molecular formula is C18H39N3. The minimum atomic E-state index is 0.251. The Balaban J connectivity index is 2.77. The van der Waals surface area contributed by atoms with Crippen molar-refractivity contribution in [3.8, 4) is 0 Å². The van der Waals surface area contributed by atoms with Gasteiger partial charge in [-0.05, 0) is 58.0 Å². The van der Waals surface area contributed by atoms with Gasteiger partial charge >= 0.3 is 0 Å². The molecule has 1 rings (SSSR count). The Hall–Kier alpha value is -0.120. The van der Waals surface area contributed by atoms with Crippen LogP contribution in [0.3, 0.4) is 0 Å². The number of hydrazine groups is 1. The van der Waals surface area contributed by atoms with Crippen molar-refractivity contribution in [2.45, 2.75) is 90.1 Å². The van der Waals surface area contributed by atoms with E-state index in [2.05, 4.69) is 45.2 Å². The highest BCUT2D eigenvalue weighted by Crippen LogP contribution is 2.40. The molecule has 0 aromatic rings. The van der Waals surface area contributed by atoms with Crippen molar-refractivity contribution in [1.29, 1.82) is 0 Å². The van der Waals surface area contributed by atoms with Gasteiger partial charge in [-0.3, -0.25) is 11.3 Å². The van der Waals surface area contributed by atoms with E-state index >= 15 is 0 Å². The normalized spacial score (nSPS) is 29.6. The molecule has 0 aromatic carbocycles. The maximum absolute atomic E-state index is 6.02. The number of rotatable bonds is 9. The molecule has 0 saturated heterocycles. The van der Waals surface area contributed by atoms with Crippen molar-refractivity contribution in [3.05, 3.63) is 0 Å². The monoisotopic (exact) mass is 297 g/mol. The fourth-order valence-electron chi connectivity index (χ4n) is 4.13. The van der Waals surface area contributed by atoms with E-state index in [1.54, 1.807) is 0 Å². The Morgan fingerprint density at radius 1 is 1.24 bits per heavy atom. The molecule has 1 fully saturated rings. The van der Waals surface area contributed by atoms with Gasteiger partial charge in [0.1, 0.15) is 0 Å². The minimum absolute atomic E-state index is 0.251. The molecule has 126 valence electrons. The summed E-state index contributed by atoms with van der Waals surface area (Å²) in [5.74, 6) is 7.70. The van der Waals surface area contributed by atoms with Gasteiger partial charge in [-0.25, -0.2) is 0 Å². The van der Waals surface area contributed by atoms with Crippen LogP contribution in [0.15, 0.2) is 0 Å². The lowest BCUT2D eigenvalue weighted by Crippen LogP contribution is -2.62. The molecule has 1 aliphatic rings. The standard InChI is InChI=1S/C18H39N3/c1-6-8-9-16(7-2)14-17(20-19)18(21(4)5)12-10-15(3)11-13-18/h15-17,20H,6-14,19H2,1-5H3. The van der Waals surface area contributed by atoms with Crippen LogP contribution in [0.25, 0.3) is 0 Å². The molecule has 3 nitrogen and oxygen atoms in total. The van der Waals surface area contributed by atoms with E-state index in [1.807, 2.05) is 0 Å². The first-order valence-corrected chi connectivity index (χ1v) is 9.13. The Morgan fingerprint density at radius 3 is 2.29 bits per heavy atom. The third kappa shape index (κ3) is 4.94. The van der Waals surface area contributed by atoms with Crippen molar-refractivity contribution >= 4 is 0 Å². The van der Waals surface area contributed by atoms with Crippen LogP contribution in [0.1, 0.15) is 78.6 Å². The molecule has 0 bridgehead atoms. The quantitative estimate of drug-likeness (QED) is 0.500. The molecular weight excluding hydrogens is 258 g/mol. The van der Waals surface area contributed by atoms with Crippen LogP contribution in [0.4, 0.5) is 0 Å². The highest BCUT2D eigenvalue weighted by atomic mass is 15.3. The number of nitrogens with zero attached hydrogens (tertiary/aromatic N) is 1. The molecule has 0 aliphatic heterocycles. The van der Waals surface area contributed by atoms with Crippen LogP contribution < -0.4 is 11.3 Å². The first-order chi connectivity index (χ1) is 10.00. The van der Waals surface area contributed by atoms with Gasteiger partial charge < -0.3 is 4.90 Å². The fourth-order valence-corrected chi connectivity index (χ4v) is 4.13. The van der Waals surface area contributed by atoms with Crippen LogP contribution in [-0.2, 0) is 0 Å². The molecule has 0 heterocycles. The zero-order valence-corrected chi connectivity index (χ0v) is 15.1. The predicted octanol–water partition coefficient (Wildman–Crippen LogP) is 3.94. The van der Waals surface area contributed by atoms with Crippen LogP contribution in [0, 0.1) is 11.8 Å². The summed E-state index contributed by atoms with van der Waals surface area (Å²) in [4.78, 5) is 2.45. The van der Waals surface area contributed by atoms with Crippen molar-refractivity contribution in [2.75, 3.05) is 14.1 Å². The van der Waals surface area contributed by atoms with E-state index < -0.39 is 0 Å². The van der Waals surface area contributed by atoms with Gasteiger partial charge in [-0.1, -0.05) is 46.5 Å². The second kappa shape index (κ2) is 9.12. The van der Waals surface area contributed by atoms with Gasteiger partial charge in [-0.15, -0.1) is 0 Å². The second-order valence-electron chi connectivity index (χ2n) is 7.55. The van der Waals surface area contributed by atoms with Crippen LogP contribution in [0.2, 0.25) is 0 Å². The van der Waals surface area contributed by atoms with Crippen molar-refractivity contribution in [2.24, 2.45) is 17.7 Å². The third-order valence-electron chi connectivity index (χ3n) is 5.99.